The average Bonchev–Trinajstić information content (AvgIpc) is 2.77. The number of rotatable bonds is 5. The van der Waals surface area contributed by atoms with Crippen molar-refractivity contribution in [2.45, 2.75) is 32.1 Å². The summed E-state index contributed by atoms with van der Waals surface area (Å²) in [6.45, 7) is 4.10. The van der Waals surface area contributed by atoms with Crippen LogP contribution in [0.25, 0.3) is 0 Å². The number of hydrogen-bond donors (Lipinski definition) is 1. The number of methoxy groups -OCH3 is 2. The number of urea groups is 1. The second-order valence-corrected chi connectivity index (χ2v) is 4.85. The lowest BCUT2D eigenvalue weighted by Crippen LogP contribution is -2.48. The van der Waals surface area contributed by atoms with Crippen LogP contribution in [0.2, 0.25) is 0 Å². The maximum absolute atomic E-state index is 12.3. The van der Waals surface area contributed by atoms with E-state index >= 15 is 0 Å². The van der Waals surface area contributed by atoms with Crippen LogP contribution in [0.5, 0.6) is 0 Å². The number of aliphatic carboxylic acids is 1. The SMILES string of the molecule is COC1CN(C(=O)N(CC(=O)O)C(C)C)CC1OC. The van der Waals surface area contributed by atoms with Crippen molar-refractivity contribution >= 4 is 12.0 Å². The number of likely N-dealkylation sites (tertiary alicyclic amines) is 1. The zero-order valence-corrected chi connectivity index (χ0v) is 11.8. The third kappa shape index (κ3) is 3.81. The highest BCUT2D eigenvalue weighted by molar-refractivity contribution is 5.80. The number of carboxylic acid groups (broad SMARTS) is 1. The first-order valence-corrected chi connectivity index (χ1v) is 6.23. The zero-order valence-electron chi connectivity index (χ0n) is 11.8. The van der Waals surface area contributed by atoms with Gasteiger partial charge in [0.05, 0.1) is 13.1 Å². The number of carbonyl (C=O) groups excluding carboxylic acids is 1. The third-order valence-corrected chi connectivity index (χ3v) is 3.27. The molecule has 1 saturated heterocycles. The van der Waals surface area contributed by atoms with Crippen molar-refractivity contribution in [1.82, 2.24) is 9.80 Å². The van der Waals surface area contributed by atoms with E-state index in [4.69, 9.17) is 14.6 Å². The summed E-state index contributed by atoms with van der Waals surface area (Å²) < 4.78 is 10.5. The van der Waals surface area contributed by atoms with Crippen molar-refractivity contribution in [3.05, 3.63) is 0 Å². The first-order valence-electron chi connectivity index (χ1n) is 6.23. The minimum absolute atomic E-state index is 0.173. The van der Waals surface area contributed by atoms with Crippen LogP contribution in [0, 0.1) is 0 Å². The quantitative estimate of drug-likeness (QED) is 0.777. The molecule has 0 saturated carbocycles. The molecule has 1 N–H and O–H groups in total. The van der Waals surface area contributed by atoms with Crippen molar-refractivity contribution in [3.8, 4) is 0 Å². The summed E-state index contributed by atoms with van der Waals surface area (Å²) in [4.78, 5) is 26.0. The largest absolute Gasteiger partial charge is 0.480 e. The third-order valence-electron chi connectivity index (χ3n) is 3.27. The Morgan fingerprint density at radius 3 is 2.05 bits per heavy atom. The van der Waals surface area contributed by atoms with Gasteiger partial charge in [-0.3, -0.25) is 4.79 Å². The van der Waals surface area contributed by atoms with Crippen LogP contribution >= 0.6 is 0 Å². The minimum atomic E-state index is -1.02. The molecule has 0 aliphatic carbocycles. The van der Waals surface area contributed by atoms with Crippen molar-refractivity contribution < 1.29 is 24.2 Å². The lowest BCUT2D eigenvalue weighted by atomic mass is 10.3. The number of hydrogen-bond acceptors (Lipinski definition) is 4. The van der Waals surface area contributed by atoms with Gasteiger partial charge < -0.3 is 24.4 Å². The molecule has 7 nitrogen and oxygen atoms in total. The van der Waals surface area contributed by atoms with E-state index in [9.17, 15) is 9.59 Å². The van der Waals surface area contributed by atoms with E-state index in [0.717, 1.165) is 0 Å². The molecule has 1 aliphatic heterocycles. The Hall–Kier alpha value is -1.34. The van der Waals surface area contributed by atoms with Gasteiger partial charge in [0.15, 0.2) is 0 Å². The molecule has 2 unspecified atom stereocenters. The van der Waals surface area contributed by atoms with Crippen LogP contribution in [-0.4, -0.2) is 79.0 Å². The molecule has 0 aromatic heterocycles. The Morgan fingerprint density at radius 1 is 1.26 bits per heavy atom. The molecule has 0 spiro atoms. The van der Waals surface area contributed by atoms with Crippen LogP contribution in [0.3, 0.4) is 0 Å². The summed E-state index contributed by atoms with van der Waals surface area (Å²) >= 11 is 0. The van der Waals surface area contributed by atoms with Crippen LogP contribution in [0.1, 0.15) is 13.8 Å². The van der Waals surface area contributed by atoms with E-state index in [1.807, 2.05) is 0 Å². The Balaban J connectivity index is 2.73. The average molecular weight is 274 g/mol. The monoisotopic (exact) mass is 274 g/mol. The lowest BCUT2D eigenvalue weighted by Gasteiger charge is -2.29. The predicted molar refractivity (Wildman–Crippen MR) is 68.0 cm³/mol. The van der Waals surface area contributed by atoms with E-state index < -0.39 is 5.97 Å². The molecule has 7 heteroatoms. The molecule has 1 aliphatic rings. The van der Waals surface area contributed by atoms with Crippen molar-refractivity contribution in [3.63, 3.8) is 0 Å². The molecule has 1 heterocycles. The van der Waals surface area contributed by atoms with Gasteiger partial charge in [-0.15, -0.1) is 0 Å². The lowest BCUT2D eigenvalue weighted by molar-refractivity contribution is -0.138. The summed E-state index contributed by atoms with van der Waals surface area (Å²) in [5.74, 6) is -1.02. The summed E-state index contributed by atoms with van der Waals surface area (Å²) in [6, 6.07) is -0.467. The normalized spacial score (nSPS) is 22.9. The van der Waals surface area contributed by atoms with E-state index in [1.54, 1.807) is 33.0 Å². The molecule has 0 aromatic carbocycles. The predicted octanol–water partition coefficient (Wildman–Crippen LogP) is 0.247. The van der Waals surface area contributed by atoms with Crippen LogP contribution in [-0.2, 0) is 14.3 Å². The van der Waals surface area contributed by atoms with Crippen LogP contribution in [0.4, 0.5) is 4.79 Å². The number of carboxylic acids is 1. The first kappa shape index (κ1) is 15.7. The van der Waals surface area contributed by atoms with E-state index in [0.29, 0.717) is 13.1 Å². The summed E-state index contributed by atoms with van der Waals surface area (Å²) in [5, 5.41) is 8.86. The fourth-order valence-corrected chi connectivity index (χ4v) is 2.15. The zero-order chi connectivity index (χ0) is 14.6. The van der Waals surface area contributed by atoms with Gasteiger partial charge in [0, 0.05) is 20.3 Å². The number of amides is 2. The molecule has 110 valence electrons. The Labute approximate surface area is 113 Å². The number of ether oxygens (including phenoxy) is 2. The highest BCUT2D eigenvalue weighted by Gasteiger charge is 2.38. The van der Waals surface area contributed by atoms with E-state index in [-0.39, 0.29) is 30.8 Å². The van der Waals surface area contributed by atoms with Gasteiger partial charge in [0.1, 0.15) is 18.8 Å². The Bertz CT molecular complexity index is 322. The van der Waals surface area contributed by atoms with Crippen molar-refractivity contribution in [2.24, 2.45) is 0 Å². The molecule has 0 radical (unpaired) electrons. The standard InChI is InChI=1S/C12H22N2O5/c1-8(2)14(7-11(15)16)12(17)13-5-9(18-3)10(6-13)19-4/h8-10H,5-7H2,1-4H3,(H,15,16). The van der Waals surface area contributed by atoms with E-state index in [1.165, 1.54) is 4.90 Å². The number of carbonyl (C=O) groups is 2. The fourth-order valence-electron chi connectivity index (χ4n) is 2.15. The first-order chi connectivity index (χ1) is 8.90. The molecule has 2 amide bonds. The summed E-state index contributed by atoms with van der Waals surface area (Å²) in [6.07, 6.45) is -0.347. The van der Waals surface area contributed by atoms with Gasteiger partial charge in [-0.1, -0.05) is 0 Å². The van der Waals surface area contributed by atoms with Crippen molar-refractivity contribution in [1.29, 1.82) is 0 Å². The molecule has 0 aromatic rings. The second kappa shape index (κ2) is 6.72. The maximum Gasteiger partial charge on any atom is 0.323 e. The molecule has 0 bridgehead atoms. The fraction of sp³-hybridized carbons (Fsp3) is 0.833. The maximum atomic E-state index is 12.3. The summed E-state index contributed by atoms with van der Waals surface area (Å²) in [7, 11) is 3.14. The minimum Gasteiger partial charge on any atom is -0.480 e. The molecule has 1 rings (SSSR count). The molecular weight excluding hydrogens is 252 g/mol. The van der Waals surface area contributed by atoms with Crippen LogP contribution in [0.15, 0.2) is 0 Å². The smallest absolute Gasteiger partial charge is 0.323 e. The van der Waals surface area contributed by atoms with Gasteiger partial charge in [-0.05, 0) is 13.8 Å². The number of nitrogens with zero attached hydrogens (tertiary/aromatic N) is 2. The van der Waals surface area contributed by atoms with Crippen molar-refractivity contribution in [2.75, 3.05) is 33.9 Å². The molecular formula is C12H22N2O5. The van der Waals surface area contributed by atoms with Gasteiger partial charge >= 0.3 is 12.0 Å². The molecule has 2 atom stereocenters. The van der Waals surface area contributed by atoms with Gasteiger partial charge in [-0.2, -0.15) is 0 Å². The van der Waals surface area contributed by atoms with Gasteiger partial charge in [0.2, 0.25) is 0 Å². The van der Waals surface area contributed by atoms with E-state index in [2.05, 4.69) is 0 Å². The highest BCUT2D eigenvalue weighted by Crippen LogP contribution is 2.18. The molecule has 1 fully saturated rings. The Morgan fingerprint density at radius 2 is 1.74 bits per heavy atom. The topological polar surface area (TPSA) is 79.3 Å². The Kier molecular flexibility index (Phi) is 5.56. The van der Waals surface area contributed by atoms with Gasteiger partial charge in [0.25, 0.3) is 0 Å². The summed E-state index contributed by atoms with van der Waals surface area (Å²) in [5.41, 5.74) is 0. The highest BCUT2D eigenvalue weighted by atomic mass is 16.5. The second-order valence-electron chi connectivity index (χ2n) is 4.85. The van der Waals surface area contributed by atoms with Gasteiger partial charge in [-0.25, -0.2) is 4.79 Å². The van der Waals surface area contributed by atoms with Crippen LogP contribution < -0.4 is 0 Å². The molecule has 19 heavy (non-hydrogen) atoms.